The van der Waals surface area contributed by atoms with Crippen molar-refractivity contribution in [1.29, 1.82) is 0 Å². The summed E-state index contributed by atoms with van der Waals surface area (Å²) in [5, 5.41) is 0. The van der Waals surface area contributed by atoms with Crippen molar-refractivity contribution < 1.29 is 16.5 Å². The van der Waals surface area contributed by atoms with Crippen molar-refractivity contribution >= 4 is 43.0 Å². The Labute approximate surface area is 131 Å². The van der Waals surface area contributed by atoms with Crippen LogP contribution >= 0.6 is 0 Å². The summed E-state index contributed by atoms with van der Waals surface area (Å²) < 4.78 is 24.8. The van der Waals surface area contributed by atoms with Gasteiger partial charge >= 0.3 is 26.4 Å². The predicted molar refractivity (Wildman–Crippen MR) is 97.6 cm³/mol. The van der Waals surface area contributed by atoms with E-state index in [2.05, 4.69) is 72.0 Å². The molecule has 0 aromatic heterocycles. The smallest absolute Gasteiger partial charge is 0.360 e. The van der Waals surface area contributed by atoms with Gasteiger partial charge in [0.15, 0.2) is 16.6 Å². The second-order valence-corrected chi connectivity index (χ2v) is 26.2. The second-order valence-electron chi connectivity index (χ2n) is 7.92. The Hall–Kier alpha value is 0.924. The summed E-state index contributed by atoms with van der Waals surface area (Å²) in [4.78, 5) is 0. The van der Waals surface area contributed by atoms with Gasteiger partial charge in [-0.15, -0.1) is 0 Å². The molecule has 4 nitrogen and oxygen atoms in total. The van der Waals surface area contributed by atoms with Crippen molar-refractivity contribution in [3.8, 4) is 0 Å². The zero-order valence-corrected chi connectivity index (χ0v) is 20.1. The molecule has 0 atom stereocenters. The lowest BCUT2D eigenvalue weighted by Gasteiger charge is -2.38. The van der Waals surface area contributed by atoms with Crippen LogP contribution in [0.4, 0.5) is 0 Å². The van der Waals surface area contributed by atoms with Crippen molar-refractivity contribution in [2.75, 3.05) is 0 Å². The topological polar surface area (TPSA) is 36.9 Å². The largest absolute Gasteiger partial charge is 0.437 e. The van der Waals surface area contributed by atoms with Crippen LogP contribution in [0.1, 0.15) is 0 Å². The third-order valence-corrected chi connectivity index (χ3v) is 16.9. The zero-order valence-electron chi connectivity index (χ0n) is 15.1. The Morgan fingerprint density at radius 1 is 0.550 bits per heavy atom. The highest BCUT2D eigenvalue weighted by Gasteiger charge is 2.40. The molecule has 0 aromatic rings. The molecule has 0 saturated heterocycles. The zero-order chi connectivity index (χ0) is 16.4. The van der Waals surface area contributed by atoms with Crippen LogP contribution in [-0.4, -0.2) is 43.0 Å². The summed E-state index contributed by atoms with van der Waals surface area (Å²) in [7, 11) is -8.70. The molecule has 0 unspecified atom stereocenters. The van der Waals surface area contributed by atoms with Crippen LogP contribution in [-0.2, 0) is 16.5 Å². The summed E-state index contributed by atoms with van der Waals surface area (Å²) in [6.45, 7) is 23.6. The van der Waals surface area contributed by atoms with E-state index in [1.54, 1.807) is 0 Å². The van der Waals surface area contributed by atoms with Gasteiger partial charge in [-0.25, -0.2) is 0 Å². The first-order chi connectivity index (χ1) is 8.52. The molecule has 9 heteroatoms. The first-order valence-electron chi connectivity index (χ1n) is 7.13. The molecule has 121 valence electrons. The molecule has 0 bridgehead atoms. The summed E-state index contributed by atoms with van der Waals surface area (Å²) in [5.74, 6) is 0. The molecule has 0 saturated carbocycles. The van der Waals surface area contributed by atoms with E-state index < -0.39 is 43.0 Å². The van der Waals surface area contributed by atoms with Gasteiger partial charge in [0.2, 0.25) is 0 Å². The maximum absolute atomic E-state index is 6.32. The lowest BCUT2D eigenvalue weighted by molar-refractivity contribution is 0.312. The third-order valence-electron chi connectivity index (χ3n) is 1.88. The Balaban J connectivity index is 4.58. The standard InChI is InChI=1S/C11H33O4Si5/c1-16(12-17(2,3)4)13-19(8,9)15-20(10,11)14-18(5,6)7/h1-11H3. The van der Waals surface area contributed by atoms with Crippen LogP contribution in [0, 0.1) is 0 Å². The van der Waals surface area contributed by atoms with Crippen molar-refractivity contribution in [2.45, 2.75) is 72.0 Å². The number of hydrogen-bond donors (Lipinski definition) is 0. The SMILES string of the molecule is C[Si](O[Si](C)(C)C)O[Si](C)(C)O[Si](C)(C)O[Si](C)(C)C. The quantitative estimate of drug-likeness (QED) is 0.599. The molecular weight excluding hydrogens is 337 g/mol. The highest BCUT2D eigenvalue weighted by molar-refractivity contribution is 6.87. The van der Waals surface area contributed by atoms with Crippen LogP contribution in [0.5, 0.6) is 0 Å². The fourth-order valence-corrected chi connectivity index (χ4v) is 20.6. The van der Waals surface area contributed by atoms with Gasteiger partial charge in [-0.05, 0) is 72.0 Å². The maximum atomic E-state index is 6.32. The molecule has 20 heavy (non-hydrogen) atoms. The molecule has 0 amide bonds. The average Bonchev–Trinajstić information content (AvgIpc) is 1.86. The third kappa shape index (κ3) is 11.6. The maximum Gasteiger partial charge on any atom is 0.360 e. The average molecular weight is 370 g/mol. The minimum absolute atomic E-state index is 1.24. The Bertz CT molecular complexity index is 309. The highest BCUT2D eigenvalue weighted by atomic mass is 28.5. The molecule has 0 spiro atoms. The molecule has 0 rings (SSSR count). The summed E-state index contributed by atoms with van der Waals surface area (Å²) >= 11 is 0. The lowest BCUT2D eigenvalue weighted by atomic mass is 11.8. The molecule has 0 fully saturated rings. The van der Waals surface area contributed by atoms with E-state index in [4.69, 9.17) is 16.5 Å². The van der Waals surface area contributed by atoms with Gasteiger partial charge in [0, 0.05) is 0 Å². The van der Waals surface area contributed by atoms with E-state index in [9.17, 15) is 0 Å². The summed E-state index contributed by atoms with van der Waals surface area (Å²) in [5.41, 5.74) is 0. The molecule has 0 aliphatic rings. The van der Waals surface area contributed by atoms with Gasteiger partial charge in [0.25, 0.3) is 0 Å². The van der Waals surface area contributed by atoms with E-state index >= 15 is 0 Å². The van der Waals surface area contributed by atoms with Gasteiger partial charge in [0.1, 0.15) is 0 Å². The van der Waals surface area contributed by atoms with Crippen LogP contribution < -0.4 is 0 Å². The molecule has 0 aromatic carbocycles. The molecular formula is C11H33O4Si5. The number of rotatable bonds is 8. The van der Waals surface area contributed by atoms with E-state index in [1.165, 1.54) is 0 Å². The van der Waals surface area contributed by atoms with Crippen LogP contribution in [0.2, 0.25) is 72.0 Å². The van der Waals surface area contributed by atoms with E-state index in [1.807, 2.05) is 0 Å². The molecule has 0 aliphatic carbocycles. The van der Waals surface area contributed by atoms with Gasteiger partial charge in [-0.2, -0.15) is 0 Å². The highest BCUT2D eigenvalue weighted by Crippen LogP contribution is 2.22. The molecule has 1 radical (unpaired) electrons. The predicted octanol–water partition coefficient (Wildman–Crippen LogP) is 4.24. The molecule has 0 N–H and O–H groups in total. The fraction of sp³-hybridized carbons (Fsp3) is 1.00. The van der Waals surface area contributed by atoms with Crippen molar-refractivity contribution in [3.05, 3.63) is 0 Å². The van der Waals surface area contributed by atoms with Crippen LogP contribution in [0.3, 0.4) is 0 Å². The summed E-state index contributed by atoms with van der Waals surface area (Å²) in [6.07, 6.45) is 0. The normalized spacial score (nSPS) is 15.0. The van der Waals surface area contributed by atoms with Gasteiger partial charge in [-0.3, -0.25) is 0 Å². The minimum atomic E-state index is -2.20. The van der Waals surface area contributed by atoms with E-state index in [-0.39, 0.29) is 0 Å². The Morgan fingerprint density at radius 2 is 1.00 bits per heavy atom. The van der Waals surface area contributed by atoms with Crippen molar-refractivity contribution in [1.82, 2.24) is 0 Å². The molecule has 0 heterocycles. The first-order valence-corrected chi connectivity index (χ1v) is 21.4. The van der Waals surface area contributed by atoms with Gasteiger partial charge in [0.05, 0.1) is 0 Å². The van der Waals surface area contributed by atoms with Crippen LogP contribution in [0.15, 0.2) is 0 Å². The fourth-order valence-electron chi connectivity index (χ4n) is 2.17. The van der Waals surface area contributed by atoms with E-state index in [0.717, 1.165) is 0 Å². The Morgan fingerprint density at radius 3 is 1.35 bits per heavy atom. The lowest BCUT2D eigenvalue weighted by Crippen LogP contribution is -2.54. The minimum Gasteiger partial charge on any atom is -0.437 e. The van der Waals surface area contributed by atoms with Gasteiger partial charge < -0.3 is 16.5 Å². The second kappa shape index (κ2) is 7.00. The number of hydrogen-bond acceptors (Lipinski definition) is 4. The Kier molecular flexibility index (Phi) is 7.33. The van der Waals surface area contributed by atoms with E-state index in [0.29, 0.717) is 0 Å². The van der Waals surface area contributed by atoms with Crippen LogP contribution in [0.25, 0.3) is 0 Å². The van der Waals surface area contributed by atoms with Gasteiger partial charge in [-0.1, -0.05) is 0 Å². The summed E-state index contributed by atoms with van der Waals surface area (Å²) in [6, 6.07) is 0. The van der Waals surface area contributed by atoms with Crippen molar-refractivity contribution in [2.24, 2.45) is 0 Å². The first kappa shape index (κ1) is 20.9. The van der Waals surface area contributed by atoms with Crippen molar-refractivity contribution in [3.63, 3.8) is 0 Å². The monoisotopic (exact) mass is 369 g/mol. The molecule has 0 aliphatic heterocycles.